The van der Waals surface area contributed by atoms with Gasteiger partial charge in [-0.2, -0.15) is 0 Å². The van der Waals surface area contributed by atoms with Crippen molar-refractivity contribution >= 4 is 29.4 Å². The lowest BCUT2D eigenvalue weighted by molar-refractivity contribution is -0.143. The number of nitrogens with two attached hydrogens (primary N) is 1. The van der Waals surface area contributed by atoms with Crippen LogP contribution >= 0.6 is 0 Å². The third-order valence-electron chi connectivity index (χ3n) is 5.78. The molecule has 2 aromatic rings. The van der Waals surface area contributed by atoms with Crippen molar-refractivity contribution in [3.05, 3.63) is 65.7 Å². The van der Waals surface area contributed by atoms with Gasteiger partial charge in [0.25, 0.3) is 0 Å². The summed E-state index contributed by atoms with van der Waals surface area (Å²) in [7, 11) is 0. The van der Waals surface area contributed by atoms with Gasteiger partial charge in [0.05, 0.1) is 12.6 Å². The zero-order valence-electron chi connectivity index (χ0n) is 20.8. The summed E-state index contributed by atoms with van der Waals surface area (Å²) in [5, 5.41) is 19.9. The minimum Gasteiger partial charge on any atom is -0.392 e. The molecule has 0 aliphatic heterocycles. The third-order valence-corrected chi connectivity index (χ3v) is 5.78. The first-order valence-electron chi connectivity index (χ1n) is 11.8. The zero-order valence-corrected chi connectivity index (χ0v) is 20.8. The van der Waals surface area contributed by atoms with E-state index >= 15 is 0 Å². The van der Waals surface area contributed by atoms with E-state index in [9.17, 15) is 24.3 Å². The molecule has 5 amide bonds. The Balaban J connectivity index is 2.09. The molecular weight excluding hydrogens is 462 g/mol. The molecule has 0 unspecified atom stereocenters. The number of carbonyl (C=O) groups excluding carboxylic acids is 4. The van der Waals surface area contributed by atoms with Crippen LogP contribution in [0.2, 0.25) is 0 Å². The van der Waals surface area contributed by atoms with Crippen molar-refractivity contribution in [2.24, 2.45) is 11.1 Å². The van der Waals surface area contributed by atoms with Crippen molar-refractivity contribution in [1.82, 2.24) is 16.0 Å². The smallest absolute Gasteiger partial charge is 0.312 e. The first kappa shape index (κ1) is 28.3. The average Bonchev–Trinajstić information content (AvgIpc) is 2.86. The number of benzene rings is 2. The van der Waals surface area contributed by atoms with E-state index in [1.165, 1.54) is 13.8 Å². The van der Waals surface area contributed by atoms with E-state index in [1.807, 2.05) is 37.3 Å². The van der Waals surface area contributed by atoms with Crippen molar-refractivity contribution < 1.29 is 24.3 Å². The summed E-state index contributed by atoms with van der Waals surface area (Å²) in [6.45, 7) is 4.91. The number of aliphatic hydroxyl groups is 1. The molecule has 0 spiro atoms. The van der Waals surface area contributed by atoms with Crippen molar-refractivity contribution in [3.8, 4) is 0 Å². The van der Waals surface area contributed by atoms with E-state index in [0.29, 0.717) is 17.7 Å². The standard InChI is InChI=1S/C26H35N5O5/c1-17(19-8-5-4-6-9-19)29-23(34)26(2,3)24(35)31-21(10-7-15-28-25(27)36)22(33)30-20-13-11-18(16-32)12-14-20/h4-6,8-9,11-14,17,21,32H,7,10,15-16H2,1-3H3,(H,29,34)(H,30,33)(H,31,35)(H3,27,28,36)/t17-,21+/m1/s1. The van der Waals surface area contributed by atoms with Gasteiger partial charge in [0, 0.05) is 12.2 Å². The van der Waals surface area contributed by atoms with E-state index in [4.69, 9.17) is 5.73 Å². The molecule has 36 heavy (non-hydrogen) atoms. The van der Waals surface area contributed by atoms with E-state index < -0.39 is 35.2 Å². The van der Waals surface area contributed by atoms with Crippen LogP contribution in [0.4, 0.5) is 10.5 Å². The van der Waals surface area contributed by atoms with Gasteiger partial charge in [0.2, 0.25) is 17.7 Å². The Morgan fingerprint density at radius 2 is 1.56 bits per heavy atom. The summed E-state index contributed by atoms with van der Waals surface area (Å²) in [4.78, 5) is 50.1. The summed E-state index contributed by atoms with van der Waals surface area (Å²) >= 11 is 0. The minimum absolute atomic E-state index is 0.125. The molecule has 0 radical (unpaired) electrons. The zero-order chi connectivity index (χ0) is 26.7. The van der Waals surface area contributed by atoms with Gasteiger partial charge < -0.3 is 32.1 Å². The third kappa shape index (κ3) is 8.38. The molecule has 194 valence electrons. The second-order valence-electron chi connectivity index (χ2n) is 9.03. The largest absolute Gasteiger partial charge is 0.392 e. The monoisotopic (exact) mass is 497 g/mol. The Morgan fingerprint density at radius 3 is 2.14 bits per heavy atom. The van der Waals surface area contributed by atoms with Crippen molar-refractivity contribution in [3.63, 3.8) is 0 Å². The van der Waals surface area contributed by atoms with Crippen molar-refractivity contribution in [2.45, 2.75) is 52.3 Å². The number of hydrogen-bond acceptors (Lipinski definition) is 5. The summed E-state index contributed by atoms with van der Waals surface area (Å²) < 4.78 is 0. The number of amides is 5. The topological polar surface area (TPSA) is 163 Å². The summed E-state index contributed by atoms with van der Waals surface area (Å²) in [6, 6.07) is 14.0. The number of nitrogens with one attached hydrogen (secondary N) is 4. The molecule has 2 aromatic carbocycles. The predicted octanol–water partition coefficient (Wildman–Crippen LogP) is 1.95. The molecule has 0 saturated heterocycles. The van der Waals surface area contributed by atoms with Gasteiger partial charge in [0.15, 0.2) is 0 Å². The lowest BCUT2D eigenvalue weighted by Gasteiger charge is -2.28. The van der Waals surface area contributed by atoms with E-state index in [-0.39, 0.29) is 25.6 Å². The number of primary amides is 1. The predicted molar refractivity (Wildman–Crippen MR) is 137 cm³/mol. The second kappa shape index (κ2) is 13.2. The maximum atomic E-state index is 13.1. The SMILES string of the molecule is C[C@@H](NC(=O)C(C)(C)C(=O)N[C@@H](CCCNC(N)=O)C(=O)Nc1ccc(CO)cc1)c1ccccc1. The molecule has 0 saturated carbocycles. The number of urea groups is 1. The van der Waals surface area contributed by atoms with Crippen LogP contribution in [-0.2, 0) is 21.0 Å². The molecule has 0 aliphatic carbocycles. The molecule has 2 atom stereocenters. The lowest BCUT2D eigenvalue weighted by atomic mass is 9.89. The summed E-state index contributed by atoms with van der Waals surface area (Å²) in [5.74, 6) is -1.57. The normalized spacial score (nSPS) is 12.7. The van der Waals surface area contributed by atoms with Crippen LogP contribution in [0, 0.1) is 5.41 Å². The van der Waals surface area contributed by atoms with Crippen LogP contribution in [0.25, 0.3) is 0 Å². The quantitative estimate of drug-likeness (QED) is 0.195. The molecular formula is C26H35N5O5. The Kier molecular flexibility index (Phi) is 10.4. The van der Waals surface area contributed by atoms with Gasteiger partial charge in [-0.1, -0.05) is 42.5 Å². The fourth-order valence-electron chi connectivity index (χ4n) is 3.35. The van der Waals surface area contributed by atoms with E-state index in [0.717, 1.165) is 5.56 Å². The van der Waals surface area contributed by atoms with Gasteiger partial charge in [-0.15, -0.1) is 0 Å². The van der Waals surface area contributed by atoms with Crippen LogP contribution in [0.1, 0.15) is 50.8 Å². The highest BCUT2D eigenvalue weighted by molar-refractivity contribution is 6.06. The highest BCUT2D eigenvalue weighted by Gasteiger charge is 2.38. The summed E-state index contributed by atoms with van der Waals surface area (Å²) in [6.07, 6.45) is 0.563. The van der Waals surface area contributed by atoms with Crippen LogP contribution in [0.5, 0.6) is 0 Å². The van der Waals surface area contributed by atoms with Gasteiger partial charge in [-0.25, -0.2) is 4.79 Å². The molecule has 0 aromatic heterocycles. The first-order chi connectivity index (χ1) is 17.0. The Morgan fingerprint density at radius 1 is 0.944 bits per heavy atom. The molecule has 2 rings (SSSR count). The molecule has 10 heteroatoms. The number of carbonyl (C=O) groups is 4. The maximum absolute atomic E-state index is 13.1. The van der Waals surface area contributed by atoms with E-state index in [1.54, 1.807) is 24.3 Å². The first-order valence-corrected chi connectivity index (χ1v) is 11.8. The van der Waals surface area contributed by atoms with Gasteiger partial charge in [0.1, 0.15) is 11.5 Å². The van der Waals surface area contributed by atoms with Crippen molar-refractivity contribution in [2.75, 3.05) is 11.9 Å². The van der Waals surface area contributed by atoms with Crippen LogP contribution < -0.4 is 27.0 Å². The molecule has 0 heterocycles. The molecule has 10 nitrogen and oxygen atoms in total. The number of aliphatic hydroxyl groups excluding tert-OH is 1. The second-order valence-corrected chi connectivity index (χ2v) is 9.03. The molecule has 0 bridgehead atoms. The lowest BCUT2D eigenvalue weighted by Crippen LogP contribution is -2.53. The Labute approximate surface area is 211 Å². The fourth-order valence-corrected chi connectivity index (χ4v) is 3.35. The summed E-state index contributed by atoms with van der Waals surface area (Å²) in [5.41, 5.74) is 5.70. The van der Waals surface area contributed by atoms with Crippen molar-refractivity contribution in [1.29, 1.82) is 0 Å². The van der Waals surface area contributed by atoms with Crippen LogP contribution in [0.3, 0.4) is 0 Å². The molecule has 7 N–H and O–H groups in total. The Hall–Kier alpha value is -3.92. The number of hydrogen-bond donors (Lipinski definition) is 6. The maximum Gasteiger partial charge on any atom is 0.312 e. The highest BCUT2D eigenvalue weighted by Crippen LogP contribution is 2.20. The van der Waals surface area contributed by atoms with Crippen LogP contribution in [0.15, 0.2) is 54.6 Å². The highest BCUT2D eigenvalue weighted by atomic mass is 16.3. The number of anilines is 1. The average molecular weight is 498 g/mol. The fraction of sp³-hybridized carbons (Fsp3) is 0.385. The Bertz CT molecular complexity index is 1040. The van der Waals surface area contributed by atoms with E-state index in [2.05, 4.69) is 21.3 Å². The minimum atomic E-state index is -1.46. The molecule has 0 fully saturated rings. The number of rotatable bonds is 12. The van der Waals surface area contributed by atoms with Gasteiger partial charge >= 0.3 is 6.03 Å². The van der Waals surface area contributed by atoms with Gasteiger partial charge in [-0.3, -0.25) is 14.4 Å². The van der Waals surface area contributed by atoms with Gasteiger partial charge in [-0.05, 0) is 56.9 Å². The molecule has 0 aliphatic rings. The van der Waals surface area contributed by atoms with Crippen LogP contribution in [-0.4, -0.2) is 41.4 Å².